The molecule has 0 fully saturated rings. The van der Waals surface area contributed by atoms with E-state index in [9.17, 15) is 4.79 Å². The van der Waals surface area contributed by atoms with Crippen LogP contribution in [0.1, 0.15) is 20.8 Å². The van der Waals surface area contributed by atoms with Crippen molar-refractivity contribution in [2.24, 2.45) is 0 Å². The number of amides is 1. The molecule has 0 saturated heterocycles. The molecule has 1 aromatic heterocycles. The molecule has 0 aliphatic carbocycles. The van der Waals surface area contributed by atoms with Gasteiger partial charge in [0.15, 0.2) is 5.13 Å². The Morgan fingerprint density at radius 1 is 0.879 bits per heavy atom. The monoisotopic (exact) mass is 460 g/mol. The number of aromatic nitrogens is 1. The number of hydrogen-bond donors (Lipinski definition) is 1. The first kappa shape index (κ1) is 22.4. The van der Waals surface area contributed by atoms with E-state index < -0.39 is 0 Å². The van der Waals surface area contributed by atoms with Gasteiger partial charge in [-0.15, -0.1) is 11.3 Å². The first-order valence-electron chi connectivity index (χ1n) is 10.3. The van der Waals surface area contributed by atoms with Gasteiger partial charge >= 0.3 is 0 Å². The van der Waals surface area contributed by atoms with Crippen molar-refractivity contribution in [3.8, 4) is 28.5 Å². The molecular weight excluding hydrogens is 436 g/mol. The Morgan fingerprint density at radius 2 is 1.58 bits per heavy atom. The molecule has 0 aliphatic rings. The highest BCUT2D eigenvalue weighted by Gasteiger charge is 2.19. The number of nitrogens with one attached hydrogen (secondary N) is 1. The smallest absolute Gasteiger partial charge is 0.261 e. The molecule has 6 nitrogen and oxygen atoms in total. The first-order chi connectivity index (χ1) is 16.1. The van der Waals surface area contributed by atoms with E-state index in [0.29, 0.717) is 28.6 Å². The molecule has 0 unspecified atom stereocenters. The Balaban J connectivity index is 1.66. The normalized spacial score (nSPS) is 10.5. The zero-order valence-electron chi connectivity index (χ0n) is 18.6. The van der Waals surface area contributed by atoms with Crippen molar-refractivity contribution < 1.29 is 19.0 Å². The van der Waals surface area contributed by atoms with Crippen LogP contribution in [0.5, 0.6) is 17.2 Å². The van der Waals surface area contributed by atoms with Crippen LogP contribution in [-0.4, -0.2) is 32.2 Å². The van der Waals surface area contributed by atoms with E-state index in [1.54, 1.807) is 32.4 Å². The Hall–Kier alpha value is -3.84. The number of anilines is 1. The quantitative estimate of drug-likeness (QED) is 0.366. The van der Waals surface area contributed by atoms with E-state index in [0.717, 1.165) is 21.9 Å². The van der Waals surface area contributed by atoms with E-state index >= 15 is 0 Å². The second-order valence-electron chi connectivity index (χ2n) is 7.20. The molecule has 4 rings (SSSR count). The highest BCUT2D eigenvalue weighted by molar-refractivity contribution is 7.16. The molecular formula is C26H24N2O4S. The number of nitrogens with zero attached hydrogens (tertiary/aromatic N) is 1. The molecule has 0 saturated carbocycles. The number of carbonyl (C=O) groups excluding carboxylic acids is 1. The zero-order valence-corrected chi connectivity index (χ0v) is 19.4. The predicted octanol–water partition coefficient (Wildman–Crippen LogP) is 5.68. The summed E-state index contributed by atoms with van der Waals surface area (Å²) in [6, 6.07) is 23.0. The third-order valence-corrected chi connectivity index (χ3v) is 6.11. The van der Waals surface area contributed by atoms with Crippen LogP contribution in [0.3, 0.4) is 0 Å². The fourth-order valence-electron chi connectivity index (χ4n) is 3.43. The largest absolute Gasteiger partial charge is 0.497 e. The summed E-state index contributed by atoms with van der Waals surface area (Å²) in [5.74, 6) is 1.53. The second-order valence-corrected chi connectivity index (χ2v) is 8.29. The van der Waals surface area contributed by atoms with Crippen LogP contribution in [-0.2, 0) is 6.42 Å². The summed E-state index contributed by atoms with van der Waals surface area (Å²) in [4.78, 5) is 18.8. The van der Waals surface area contributed by atoms with Gasteiger partial charge in [0, 0.05) is 22.9 Å². The molecule has 0 aliphatic heterocycles. The number of carbonyl (C=O) groups is 1. The van der Waals surface area contributed by atoms with E-state index in [2.05, 4.69) is 17.4 Å². The Labute approximate surface area is 196 Å². The van der Waals surface area contributed by atoms with Crippen molar-refractivity contribution in [2.45, 2.75) is 6.42 Å². The molecule has 1 N–H and O–H groups in total. The molecule has 0 radical (unpaired) electrons. The summed E-state index contributed by atoms with van der Waals surface area (Å²) < 4.78 is 15.9. The van der Waals surface area contributed by atoms with Gasteiger partial charge in [-0.05, 0) is 42.0 Å². The number of thiazole rings is 1. The molecule has 0 bridgehead atoms. The Bertz CT molecular complexity index is 1240. The third kappa shape index (κ3) is 5.15. The number of ether oxygens (including phenoxy) is 3. The molecule has 4 aromatic rings. The van der Waals surface area contributed by atoms with Crippen LogP contribution in [0.2, 0.25) is 0 Å². The van der Waals surface area contributed by atoms with Gasteiger partial charge in [-0.3, -0.25) is 10.1 Å². The highest BCUT2D eigenvalue weighted by atomic mass is 32.1. The summed E-state index contributed by atoms with van der Waals surface area (Å²) in [5.41, 5.74) is 3.37. The van der Waals surface area contributed by atoms with Crippen molar-refractivity contribution >= 4 is 22.4 Å². The van der Waals surface area contributed by atoms with Crippen molar-refractivity contribution in [1.82, 2.24) is 4.98 Å². The summed E-state index contributed by atoms with van der Waals surface area (Å²) in [6.07, 6.45) is 0.710. The number of rotatable bonds is 8. The Morgan fingerprint density at radius 3 is 2.24 bits per heavy atom. The number of hydrogen-bond acceptors (Lipinski definition) is 6. The summed E-state index contributed by atoms with van der Waals surface area (Å²) in [6.45, 7) is 0. The van der Waals surface area contributed by atoms with Gasteiger partial charge in [-0.25, -0.2) is 4.98 Å². The lowest BCUT2D eigenvalue weighted by Crippen LogP contribution is -2.13. The standard InChI is InChI=1S/C26H24N2O4S/c1-30-19-11-9-18(10-12-19)24-23(15-17-7-5-4-6-8-17)33-26(27-24)28-25(29)21-14-13-20(31-2)16-22(21)32-3/h4-14,16H,15H2,1-3H3,(H,27,28,29). The number of methoxy groups -OCH3 is 3. The Kier molecular flexibility index (Phi) is 6.90. The van der Waals surface area contributed by atoms with Crippen LogP contribution in [0.25, 0.3) is 11.3 Å². The van der Waals surface area contributed by atoms with Crippen LogP contribution >= 0.6 is 11.3 Å². The van der Waals surface area contributed by atoms with Gasteiger partial charge in [0.25, 0.3) is 5.91 Å². The van der Waals surface area contributed by atoms with E-state index in [-0.39, 0.29) is 5.91 Å². The fraction of sp³-hybridized carbons (Fsp3) is 0.154. The van der Waals surface area contributed by atoms with Gasteiger partial charge in [-0.2, -0.15) is 0 Å². The molecule has 0 atom stereocenters. The third-order valence-electron chi connectivity index (χ3n) is 5.14. The minimum absolute atomic E-state index is 0.296. The van der Waals surface area contributed by atoms with E-state index in [1.807, 2.05) is 42.5 Å². The van der Waals surface area contributed by atoms with Gasteiger partial charge in [-0.1, -0.05) is 30.3 Å². The average Bonchev–Trinajstić information content (AvgIpc) is 3.25. The topological polar surface area (TPSA) is 69.7 Å². The minimum atomic E-state index is -0.296. The molecule has 7 heteroatoms. The van der Waals surface area contributed by atoms with E-state index in [1.165, 1.54) is 24.0 Å². The lowest BCUT2D eigenvalue weighted by molar-refractivity contribution is 0.102. The maximum absolute atomic E-state index is 13.0. The average molecular weight is 461 g/mol. The second kappa shape index (κ2) is 10.2. The van der Waals surface area contributed by atoms with Crippen LogP contribution < -0.4 is 19.5 Å². The van der Waals surface area contributed by atoms with Crippen LogP contribution in [0.4, 0.5) is 5.13 Å². The fourth-order valence-corrected chi connectivity index (χ4v) is 4.44. The van der Waals surface area contributed by atoms with Gasteiger partial charge in [0.05, 0.1) is 32.6 Å². The molecule has 3 aromatic carbocycles. The van der Waals surface area contributed by atoms with Crippen molar-refractivity contribution in [3.63, 3.8) is 0 Å². The lowest BCUT2D eigenvalue weighted by Gasteiger charge is -2.09. The van der Waals surface area contributed by atoms with Gasteiger partial charge in [0.1, 0.15) is 17.2 Å². The summed E-state index contributed by atoms with van der Waals surface area (Å²) >= 11 is 1.46. The molecule has 1 amide bonds. The molecule has 0 spiro atoms. The zero-order chi connectivity index (χ0) is 23.2. The first-order valence-corrected chi connectivity index (χ1v) is 11.1. The van der Waals surface area contributed by atoms with Gasteiger partial charge < -0.3 is 14.2 Å². The van der Waals surface area contributed by atoms with Gasteiger partial charge in [0.2, 0.25) is 0 Å². The van der Waals surface area contributed by atoms with Crippen molar-refractivity contribution in [3.05, 3.63) is 88.8 Å². The SMILES string of the molecule is COc1ccc(-c2nc(NC(=O)c3ccc(OC)cc3OC)sc2Cc2ccccc2)cc1. The maximum Gasteiger partial charge on any atom is 0.261 e. The maximum atomic E-state index is 13.0. The van der Waals surface area contributed by atoms with Crippen LogP contribution in [0.15, 0.2) is 72.8 Å². The summed E-state index contributed by atoms with van der Waals surface area (Å²) in [5, 5.41) is 3.46. The molecule has 168 valence electrons. The van der Waals surface area contributed by atoms with Crippen molar-refractivity contribution in [2.75, 3.05) is 26.6 Å². The highest BCUT2D eigenvalue weighted by Crippen LogP contribution is 2.34. The molecule has 33 heavy (non-hydrogen) atoms. The minimum Gasteiger partial charge on any atom is -0.497 e. The molecule has 1 heterocycles. The predicted molar refractivity (Wildman–Crippen MR) is 131 cm³/mol. The van der Waals surface area contributed by atoms with Crippen molar-refractivity contribution in [1.29, 1.82) is 0 Å². The number of benzene rings is 3. The van der Waals surface area contributed by atoms with Crippen LogP contribution in [0, 0.1) is 0 Å². The van der Waals surface area contributed by atoms with E-state index in [4.69, 9.17) is 19.2 Å². The lowest BCUT2D eigenvalue weighted by atomic mass is 10.1. The summed E-state index contributed by atoms with van der Waals surface area (Å²) in [7, 11) is 4.73.